The molecule has 0 atom stereocenters. The Labute approximate surface area is 181 Å². The number of anilines is 1. The van der Waals surface area contributed by atoms with E-state index in [9.17, 15) is 9.59 Å². The number of aliphatic imine (C=N–C) groups is 1. The highest BCUT2D eigenvalue weighted by Gasteiger charge is 2.31. The molecule has 0 unspecified atom stereocenters. The minimum atomic E-state index is -0.485. The number of rotatable bonds is 7. The third-order valence-electron chi connectivity index (χ3n) is 4.25. The molecule has 0 radical (unpaired) electrons. The topological polar surface area (TPSA) is 86.2 Å². The van der Waals surface area contributed by atoms with Crippen LogP contribution in [-0.2, 0) is 14.3 Å². The second kappa shape index (κ2) is 9.47. The number of hydrogen-bond acceptors (Lipinski definition) is 6. The van der Waals surface area contributed by atoms with Crippen molar-refractivity contribution in [3.8, 4) is 11.5 Å². The maximum Gasteiger partial charge on any atom is 0.363 e. The van der Waals surface area contributed by atoms with Crippen LogP contribution in [0.5, 0.6) is 11.5 Å². The molecule has 7 nitrogen and oxygen atoms in total. The third kappa shape index (κ3) is 5.94. The quantitative estimate of drug-likeness (QED) is 0.526. The first-order valence-electron chi connectivity index (χ1n) is 10.0. The number of benzene rings is 2. The van der Waals surface area contributed by atoms with Gasteiger partial charge >= 0.3 is 5.97 Å². The lowest BCUT2D eigenvalue weighted by Gasteiger charge is -2.15. The van der Waals surface area contributed by atoms with Crippen molar-refractivity contribution in [3.63, 3.8) is 0 Å². The summed E-state index contributed by atoms with van der Waals surface area (Å²) in [4.78, 5) is 28.6. The van der Waals surface area contributed by atoms with Gasteiger partial charge in [-0.15, -0.1) is 0 Å². The number of carbonyl (C=O) groups is 2. The number of esters is 1. The molecule has 0 saturated heterocycles. The predicted octanol–water partition coefficient (Wildman–Crippen LogP) is 4.45. The van der Waals surface area contributed by atoms with Crippen LogP contribution in [-0.4, -0.2) is 31.0 Å². The lowest BCUT2D eigenvalue weighted by molar-refractivity contribution is -0.130. The zero-order valence-electron chi connectivity index (χ0n) is 18.1. The highest BCUT2D eigenvalue weighted by atomic mass is 16.6. The van der Waals surface area contributed by atoms with Gasteiger partial charge in [-0.05, 0) is 42.8 Å². The van der Waals surface area contributed by atoms with Crippen molar-refractivity contribution < 1.29 is 23.8 Å². The maximum atomic E-state index is 12.1. The molecule has 1 aliphatic rings. The zero-order chi connectivity index (χ0) is 22.4. The summed E-state index contributed by atoms with van der Waals surface area (Å²) in [6, 6.07) is 14.3. The molecule has 162 valence electrons. The number of para-hydroxylation sites is 1. The van der Waals surface area contributed by atoms with Gasteiger partial charge in [0, 0.05) is 11.1 Å². The molecule has 0 bridgehead atoms. The van der Waals surface area contributed by atoms with Crippen molar-refractivity contribution in [1.82, 2.24) is 0 Å². The third-order valence-corrected chi connectivity index (χ3v) is 4.25. The summed E-state index contributed by atoms with van der Waals surface area (Å²) in [5, 5.41) is 2.76. The van der Waals surface area contributed by atoms with Gasteiger partial charge in [-0.1, -0.05) is 45.0 Å². The van der Waals surface area contributed by atoms with Crippen LogP contribution in [0.15, 0.2) is 59.2 Å². The van der Waals surface area contributed by atoms with E-state index in [2.05, 4.69) is 10.3 Å². The highest BCUT2D eigenvalue weighted by molar-refractivity contribution is 6.08. The fourth-order valence-electron chi connectivity index (χ4n) is 2.75. The SMILES string of the molecule is CCOc1cc(C=C2N=C(C(C)(C)C)OC2=O)ccc1OCC(=O)Nc1ccccc1. The molecule has 2 aromatic rings. The summed E-state index contributed by atoms with van der Waals surface area (Å²) in [7, 11) is 0. The molecule has 1 N–H and O–H groups in total. The standard InChI is InChI=1S/C24H26N2O5/c1-5-29-20-14-16(13-18-22(28)31-23(26-18)24(2,3)4)11-12-19(20)30-15-21(27)25-17-9-7-6-8-10-17/h6-14H,5,15H2,1-4H3,(H,25,27). The van der Waals surface area contributed by atoms with E-state index in [1.807, 2.05) is 45.9 Å². The van der Waals surface area contributed by atoms with Gasteiger partial charge in [-0.25, -0.2) is 9.79 Å². The Morgan fingerprint density at radius 3 is 2.48 bits per heavy atom. The normalized spacial score (nSPS) is 14.8. The van der Waals surface area contributed by atoms with Crippen molar-refractivity contribution in [2.45, 2.75) is 27.7 Å². The number of hydrogen-bond donors (Lipinski definition) is 1. The zero-order valence-corrected chi connectivity index (χ0v) is 18.1. The summed E-state index contributed by atoms with van der Waals surface area (Å²) in [6.45, 7) is 7.88. The van der Waals surface area contributed by atoms with Crippen LogP contribution < -0.4 is 14.8 Å². The van der Waals surface area contributed by atoms with Crippen molar-refractivity contribution in [2.75, 3.05) is 18.5 Å². The van der Waals surface area contributed by atoms with Gasteiger partial charge < -0.3 is 19.5 Å². The summed E-state index contributed by atoms with van der Waals surface area (Å²) >= 11 is 0. The number of cyclic esters (lactones) is 1. The van der Waals surface area contributed by atoms with E-state index >= 15 is 0 Å². The molecular formula is C24H26N2O5. The summed E-state index contributed by atoms with van der Waals surface area (Å²) in [5.74, 6) is 0.521. The van der Waals surface area contributed by atoms with E-state index in [-0.39, 0.29) is 23.6 Å². The van der Waals surface area contributed by atoms with Gasteiger partial charge in [0.05, 0.1) is 6.61 Å². The Morgan fingerprint density at radius 1 is 1.10 bits per heavy atom. The molecule has 2 aromatic carbocycles. The molecule has 0 saturated carbocycles. The average Bonchev–Trinajstić information content (AvgIpc) is 3.09. The van der Waals surface area contributed by atoms with Crippen molar-refractivity contribution in [2.24, 2.45) is 10.4 Å². The van der Waals surface area contributed by atoms with E-state index in [0.29, 0.717) is 35.3 Å². The van der Waals surface area contributed by atoms with E-state index < -0.39 is 5.97 Å². The van der Waals surface area contributed by atoms with Crippen LogP contribution in [0.4, 0.5) is 5.69 Å². The fourth-order valence-corrected chi connectivity index (χ4v) is 2.75. The largest absolute Gasteiger partial charge is 0.490 e. The van der Waals surface area contributed by atoms with Gasteiger partial charge in [-0.3, -0.25) is 4.79 Å². The number of ether oxygens (including phenoxy) is 3. The lowest BCUT2D eigenvalue weighted by atomic mass is 9.97. The Kier molecular flexibility index (Phi) is 6.74. The number of carbonyl (C=O) groups excluding carboxylic acids is 2. The first-order valence-corrected chi connectivity index (χ1v) is 10.0. The van der Waals surface area contributed by atoms with Crippen molar-refractivity contribution >= 4 is 29.5 Å². The van der Waals surface area contributed by atoms with Crippen LogP contribution >= 0.6 is 0 Å². The first kappa shape index (κ1) is 22.1. The molecule has 0 aromatic heterocycles. The molecule has 1 amide bonds. The van der Waals surface area contributed by atoms with Gasteiger partial charge in [0.15, 0.2) is 23.8 Å². The lowest BCUT2D eigenvalue weighted by Crippen LogP contribution is -2.21. The molecule has 0 spiro atoms. The number of nitrogens with one attached hydrogen (secondary N) is 1. The van der Waals surface area contributed by atoms with Gasteiger partial charge in [-0.2, -0.15) is 0 Å². The second-order valence-corrected chi connectivity index (χ2v) is 7.93. The monoisotopic (exact) mass is 422 g/mol. The van der Waals surface area contributed by atoms with Gasteiger partial charge in [0.25, 0.3) is 5.91 Å². The molecule has 0 fully saturated rings. The van der Waals surface area contributed by atoms with Gasteiger partial charge in [0.1, 0.15) is 0 Å². The molecule has 31 heavy (non-hydrogen) atoms. The number of amides is 1. The maximum absolute atomic E-state index is 12.1. The second-order valence-electron chi connectivity index (χ2n) is 7.93. The Morgan fingerprint density at radius 2 is 1.84 bits per heavy atom. The molecule has 7 heteroatoms. The average molecular weight is 422 g/mol. The summed E-state index contributed by atoms with van der Waals surface area (Å²) in [5.41, 5.74) is 1.26. The molecule has 1 heterocycles. The Balaban J connectivity index is 1.73. The van der Waals surface area contributed by atoms with Gasteiger partial charge in [0.2, 0.25) is 5.90 Å². The minimum absolute atomic E-state index is 0.166. The fraction of sp³-hybridized carbons (Fsp3) is 0.292. The summed E-state index contributed by atoms with van der Waals surface area (Å²) < 4.78 is 16.6. The highest BCUT2D eigenvalue weighted by Crippen LogP contribution is 2.31. The van der Waals surface area contributed by atoms with E-state index in [1.54, 1.807) is 36.4 Å². The van der Waals surface area contributed by atoms with Crippen LogP contribution in [0.25, 0.3) is 6.08 Å². The molecule has 3 rings (SSSR count). The molecule has 1 aliphatic heterocycles. The first-order chi connectivity index (χ1) is 14.8. The van der Waals surface area contributed by atoms with Crippen LogP contribution in [0.1, 0.15) is 33.3 Å². The van der Waals surface area contributed by atoms with Crippen LogP contribution in [0.3, 0.4) is 0 Å². The minimum Gasteiger partial charge on any atom is -0.490 e. The summed E-state index contributed by atoms with van der Waals surface area (Å²) in [6.07, 6.45) is 1.63. The van der Waals surface area contributed by atoms with Crippen LogP contribution in [0, 0.1) is 5.41 Å². The molecular weight excluding hydrogens is 396 g/mol. The van der Waals surface area contributed by atoms with Crippen molar-refractivity contribution in [1.29, 1.82) is 0 Å². The van der Waals surface area contributed by atoms with E-state index in [1.165, 1.54) is 0 Å². The van der Waals surface area contributed by atoms with E-state index in [0.717, 1.165) is 0 Å². The van der Waals surface area contributed by atoms with Crippen molar-refractivity contribution in [3.05, 3.63) is 59.8 Å². The van der Waals surface area contributed by atoms with Crippen LogP contribution in [0.2, 0.25) is 0 Å². The Hall–Kier alpha value is -3.61. The smallest absolute Gasteiger partial charge is 0.363 e. The number of nitrogens with zero attached hydrogens (tertiary/aromatic N) is 1. The predicted molar refractivity (Wildman–Crippen MR) is 119 cm³/mol. The molecule has 0 aliphatic carbocycles. The Bertz CT molecular complexity index is 1020. The van der Waals surface area contributed by atoms with E-state index in [4.69, 9.17) is 14.2 Å².